The molecular formula is C20H35N3O7S. The predicted octanol–water partition coefficient (Wildman–Crippen LogP) is -1.55. The molecule has 3 atom stereocenters. The molecule has 1 aromatic carbocycles. The minimum atomic E-state index is -4.35. The smallest absolute Gasteiger partial charge is 0.294 e. The monoisotopic (exact) mass is 461 g/mol. The van der Waals surface area contributed by atoms with Gasteiger partial charge in [0.25, 0.3) is 10.1 Å². The average Bonchev–Trinajstić information content (AvgIpc) is 2.80. The third-order valence-corrected chi connectivity index (χ3v) is 6.55. The van der Waals surface area contributed by atoms with Crippen molar-refractivity contribution in [2.24, 2.45) is 0 Å². The molecule has 11 heteroatoms. The van der Waals surface area contributed by atoms with Gasteiger partial charge in [-0.05, 0) is 18.6 Å². The zero-order valence-electron chi connectivity index (χ0n) is 17.9. The normalized spacial score (nSPS) is 21.1. The molecule has 5 N–H and O–H groups in total. The van der Waals surface area contributed by atoms with Gasteiger partial charge < -0.3 is 20.4 Å². The predicted molar refractivity (Wildman–Crippen MR) is 115 cm³/mol. The standard InChI is InChI=1S/C20H35N3O7S/c1-16(26)12-21-6-7-22(13-17-4-2-3-5-20(17)31(28,29)30)9-11-23(10-8-21)18(14-24)19(27)15-25/h2-5,16,18-19,24-27H,6-15H2,1H3,(H,28,29,30)/t16-,18+,19+/m0/s1. The van der Waals surface area contributed by atoms with Crippen molar-refractivity contribution in [3.05, 3.63) is 29.8 Å². The summed E-state index contributed by atoms with van der Waals surface area (Å²) < 4.78 is 33.0. The maximum Gasteiger partial charge on any atom is 0.294 e. The van der Waals surface area contributed by atoms with E-state index in [1.54, 1.807) is 25.1 Å². The third-order valence-electron chi connectivity index (χ3n) is 5.59. The van der Waals surface area contributed by atoms with Crippen LogP contribution in [0.5, 0.6) is 0 Å². The number of rotatable bonds is 9. The van der Waals surface area contributed by atoms with Gasteiger partial charge in [-0.3, -0.25) is 19.3 Å². The quantitative estimate of drug-likeness (QED) is 0.274. The lowest BCUT2D eigenvalue weighted by atomic mass is 10.1. The Balaban J connectivity index is 2.24. The van der Waals surface area contributed by atoms with Gasteiger partial charge >= 0.3 is 0 Å². The third kappa shape index (κ3) is 8.04. The van der Waals surface area contributed by atoms with E-state index >= 15 is 0 Å². The minimum absolute atomic E-state index is 0.128. The Kier molecular flexibility index (Phi) is 10.3. The summed E-state index contributed by atoms with van der Waals surface area (Å²) in [6.07, 6.45) is -1.62. The molecule has 1 aromatic rings. The van der Waals surface area contributed by atoms with E-state index < -0.39 is 35.0 Å². The summed E-state index contributed by atoms with van der Waals surface area (Å²) in [5, 5.41) is 39.1. The van der Waals surface area contributed by atoms with Crippen LogP contribution in [0.2, 0.25) is 0 Å². The Labute approximate surface area is 184 Å². The maximum atomic E-state index is 11.7. The molecular weight excluding hydrogens is 426 g/mol. The van der Waals surface area contributed by atoms with Gasteiger partial charge in [-0.15, -0.1) is 0 Å². The Morgan fingerprint density at radius 1 is 0.935 bits per heavy atom. The minimum Gasteiger partial charge on any atom is -0.395 e. The van der Waals surface area contributed by atoms with Crippen LogP contribution >= 0.6 is 0 Å². The van der Waals surface area contributed by atoms with Gasteiger partial charge in [0, 0.05) is 52.4 Å². The second-order valence-electron chi connectivity index (χ2n) is 8.04. The van der Waals surface area contributed by atoms with E-state index in [2.05, 4.69) is 4.90 Å². The van der Waals surface area contributed by atoms with Gasteiger partial charge in [0.15, 0.2) is 0 Å². The lowest BCUT2D eigenvalue weighted by Gasteiger charge is -2.34. The van der Waals surface area contributed by atoms with Crippen molar-refractivity contribution in [3.8, 4) is 0 Å². The molecule has 0 radical (unpaired) electrons. The topological polar surface area (TPSA) is 145 Å². The van der Waals surface area contributed by atoms with E-state index in [9.17, 15) is 33.4 Å². The fourth-order valence-electron chi connectivity index (χ4n) is 3.93. The van der Waals surface area contributed by atoms with Crippen LogP contribution in [0.4, 0.5) is 0 Å². The summed E-state index contributed by atoms with van der Waals surface area (Å²) in [5.74, 6) is 0. The van der Waals surface area contributed by atoms with E-state index in [4.69, 9.17) is 0 Å². The number of β-amino-alcohol motifs (C(OH)–C–C–N with tert-alkyl or cyclic N) is 1. The average molecular weight is 462 g/mol. The molecule has 0 bridgehead atoms. The van der Waals surface area contributed by atoms with Gasteiger partial charge in [0.2, 0.25) is 0 Å². The molecule has 0 aliphatic carbocycles. The van der Waals surface area contributed by atoms with Gasteiger partial charge in [0.1, 0.15) is 0 Å². The lowest BCUT2D eigenvalue weighted by molar-refractivity contribution is -0.0169. The van der Waals surface area contributed by atoms with Crippen molar-refractivity contribution in [1.82, 2.24) is 14.7 Å². The van der Waals surface area contributed by atoms with E-state index in [1.807, 2.05) is 9.80 Å². The van der Waals surface area contributed by atoms with Crippen LogP contribution in [0.15, 0.2) is 29.2 Å². The molecule has 0 spiro atoms. The zero-order valence-corrected chi connectivity index (χ0v) is 18.7. The van der Waals surface area contributed by atoms with Crippen LogP contribution in [-0.4, -0.2) is 125 Å². The van der Waals surface area contributed by atoms with Crippen LogP contribution in [0.3, 0.4) is 0 Å². The molecule has 0 unspecified atom stereocenters. The van der Waals surface area contributed by atoms with Crippen molar-refractivity contribution in [1.29, 1.82) is 0 Å². The first kappa shape index (κ1) is 26.1. The van der Waals surface area contributed by atoms with Crippen molar-refractivity contribution in [3.63, 3.8) is 0 Å². The molecule has 178 valence electrons. The number of hydrogen-bond acceptors (Lipinski definition) is 9. The number of aliphatic hydroxyl groups is 4. The maximum absolute atomic E-state index is 11.7. The summed E-state index contributed by atoms with van der Waals surface area (Å²) >= 11 is 0. The molecule has 1 aliphatic heterocycles. The van der Waals surface area contributed by atoms with E-state index in [0.29, 0.717) is 57.9 Å². The van der Waals surface area contributed by atoms with Crippen LogP contribution in [0.25, 0.3) is 0 Å². The summed E-state index contributed by atoms with van der Waals surface area (Å²) in [4.78, 5) is 5.89. The molecule has 2 rings (SSSR count). The van der Waals surface area contributed by atoms with Crippen molar-refractivity contribution >= 4 is 10.1 Å². The first-order valence-corrected chi connectivity index (χ1v) is 11.9. The van der Waals surface area contributed by atoms with Crippen LogP contribution < -0.4 is 0 Å². The molecule has 1 fully saturated rings. The number of aliphatic hydroxyl groups excluding tert-OH is 4. The van der Waals surface area contributed by atoms with Gasteiger partial charge in [-0.25, -0.2) is 0 Å². The summed E-state index contributed by atoms with van der Waals surface area (Å²) in [5.41, 5.74) is 0.479. The van der Waals surface area contributed by atoms with Gasteiger partial charge in [0.05, 0.1) is 36.4 Å². The molecule has 1 aliphatic rings. The first-order chi connectivity index (χ1) is 14.7. The summed E-state index contributed by atoms with van der Waals surface area (Å²) in [6.45, 7) is 5.06. The SMILES string of the molecule is C[C@H](O)CN1CCN(Cc2ccccc2S(=O)(=O)O)CCN([C@H](CO)[C@H](O)CO)CC1. The van der Waals surface area contributed by atoms with Gasteiger partial charge in [-0.2, -0.15) is 8.42 Å². The molecule has 0 saturated carbocycles. The highest BCUT2D eigenvalue weighted by Crippen LogP contribution is 2.18. The second kappa shape index (κ2) is 12.2. The van der Waals surface area contributed by atoms with Crippen LogP contribution in [-0.2, 0) is 16.7 Å². The Hall–Kier alpha value is -1.15. The molecule has 31 heavy (non-hydrogen) atoms. The highest BCUT2D eigenvalue weighted by atomic mass is 32.2. The fourth-order valence-corrected chi connectivity index (χ4v) is 4.65. The number of hydrogen-bond donors (Lipinski definition) is 5. The van der Waals surface area contributed by atoms with Gasteiger partial charge in [-0.1, -0.05) is 18.2 Å². The fraction of sp³-hybridized carbons (Fsp3) is 0.700. The zero-order chi connectivity index (χ0) is 23.0. The van der Waals surface area contributed by atoms with Crippen LogP contribution in [0, 0.1) is 0 Å². The summed E-state index contributed by atoms with van der Waals surface area (Å²) in [6, 6.07) is 5.66. The van der Waals surface area contributed by atoms with E-state index in [-0.39, 0.29) is 11.5 Å². The molecule has 1 saturated heterocycles. The van der Waals surface area contributed by atoms with Crippen molar-refractivity contribution in [2.75, 3.05) is 59.0 Å². The number of nitrogens with zero attached hydrogens (tertiary/aromatic N) is 3. The highest BCUT2D eigenvalue weighted by Gasteiger charge is 2.27. The molecule has 0 aromatic heterocycles. The molecule has 1 heterocycles. The van der Waals surface area contributed by atoms with E-state index in [1.165, 1.54) is 6.07 Å². The number of benzene rings is 1. The molecule has 10 nitrogen and oxygen atoms in total. The van der Waals surface area contributed by atoms with Crippen molar-refractivity contribution < 1.29 is 33.4 Å². The summed E-state index contributed by atoms with van der Waals surface area (Å²) in [7, 11) is -4.35. The lowest BCUT2D eigenvalue weighted by Crippen LogP contribution is -2.51. The van der Waals surface area contributed by atoms with Crippen LogP contribution in [0.1, 0.15) is 12.5 Å². The van der Waals surface area contributed by atoms with Crippen molar-refractivity contribution in [2.45, 2.75) is 36.6 Å². The second-order valence-corrected chi connectivity index (χ2v) is 9.43. The Morgan fingerprint density at radius 2 is 1.52 bits per heavy atom. The highest BCUT2D eigenvalue weighted by molar-refractivity contribution is 7.85. The van der Waals surface area contributed by atoms with E-state index in [0.717, 1.165) is 0 Å². The molecule has 0 amide bonds. The largest absolute Gasteiger partial charge is 0.395 e. The Bertz CT molecular complexity index is 778. The first-order valence-electron chi connectivity index (χ1n) is 10.5. The Morgan fingerprint density at radius 3 is 2.10 bits per heavy atom.